The van der Waals surface area contributed by atoms with E-state index in [1.807, 2.05) is 24.3 Å². The largest absolute Gasteiger partial charge is 0.361 e. The fraction of sp³-hybridized carbons (Fsp3) is 0.455. The topological polar surface area (TPSA) is 84.6 Å². The lowest BCUT2D eigenvalue weighted by Gasteiger charge is -2.45. The van der Waals surface area contributed by atoms with Crippen molar-refractivity contribution in [2.45, 2.75) is 25.1 Å². The van der Waals surface area contributed by atoms with E-state index < -0.39 is 11.3 Å². The van der Waals surface area contributed by atoms with Crippen LogP contribution in [0.5, 0.6) is 0 Å². The molecule has 0 spiro atoms. The van der Waals surface area contributed by atoms with Crippen molar-refractivity contribution >= 4 is 11.3 Å². The summed E-state index contributed by atoms with van der Waals surface area (Å²) in [7, 11) is 0. The van der Waals surface area contributed by atoms with Crippen LogP contribution >= 0.6 is 0 Å². The second-order valence-electron chi connectivity index (χ2n) is 4.42. The van der Waals surface area contributed by atoms with Crippen LogP contribution in [-0.4, -0.2) is 21.6 Å². The molecule has 1 aromatic rings. The minimum Gasteiger partial charge on any atom is -0.361 e. The molecule has 5 nitrogen and oxygen atoms in total. The molecule has 0 radical (unpaired) electrons. The summed E-state index contributed by atoms with van der Waals surface area (Å²) in [5.74, 6) is 0. The van der Waals surface area contributed by atoms with Gasteiger partial charge in [-0.1, -0.05) is 24.3 Å². The Balaban J connectivity index is 2.14. The highest BCUT2D eigenvalue weighted by Gasteiger charge is 2.43. The molecule has 17 heavy (non-hydrogen) atoms. The van der Waals surface area contributed by atoms with Gasteiger partial charge in [0.1, 0.15) is 6.23 Å². The lowest BCUT2D eigenvalue weighted by atomic mass is 9.77. The van der Waals surface area contributed by atoms with E-state index in [1.54, 1.807) is 0 Å². The minimum absolute atomic E-state index is 0.158. The highest BCUT2D eigenvalue weighted by atomic mass is 32.2. The van der Waals surface area contributed by atoms with Gasteiger partial charge in [-0.2, -0.15) is 0 Å². The average Bonchev–Trinajstić information content (AvgIpc) is 2.34. The molecule has 0 aromatic heterocycles. The van der Waals surface area contributed by atoms with Crippen LogP contribution in [0.25, 0.3) is 0 Å². The lowest BCUT2D eigenvalue weighted by Crippen LogP contribution is -2.58. The Bertz CT molecular complexity index is 440. The monoisotopic (exact) mass is 256 g/mol. The molecule has 2 rings (SSSR count). The predicted octanol–water partition coefficient (Wildman–Crippen LogP) is 0.486. The van der Waals surface area contributed by atoms with E-state index in [2.05, 4.69) is 11.6 Å². The maximum absolute atomic E-state index is 10.5. The van der Waals surface area contributed by atoms with Gasteiger partial charge in [0, 0.05) is 6.54 Å². The molecule has 1 aliphatic heterocycles. The fourth-order valence-electron chi connectivity index (χ4n) is 1.86. The summed E-state index contributed by atoms with van der Waals surface area (Å²) in [6, 6.07) is 7.81. The van der Waals surface area contributed by atoms with Gasteiger partial charge in [0.25, 0.3) is 0 Å². The second kappa shape index (κ2) is 4.83. The van der Waals surface area contributed by atoms with Gasteiger partial charge in [-0.05, 0) is 18.1 Å². The van der Waals surface area contributed by atoms with Crippen LogP contribution in [0, 0.1) is 0 Å². The van der Waals surface area contributed by atoms with E-state index in [9.17, 15) is 4.21 Å². The molecule has 1 heterocycles. The van der Waals surface area contributed by atoms with Crippen LogP contribution in [0.2, 0.25) is 0 Å². The molecule has 3 atom stereocenters. The predicted molar refractivity (Wildman–Crippen MR) is 65.3 cm³/mol. The fourth-order valence-corrected chi connectivity index (χ4v) is 2.15. The van der Waals surface area contributed by atoms with Crippen molar-refractivity contribution in [3.8, 4) is 0 Å². The minimum atomic E-state index is -1.99. The third-order valence-electron chi connectivity index (χ3n) is 3.18. The number of nitrogens with one attached hydrogen (secondary N) is 1. The Kier molecular flexibility index (Phi) is 3.60. The molecule has 0 amide bonds. The van der Waals surface area contributed by atoms with Crippen LogP contribution in [-0.2, 0) is 28.0 Å². The normalized spacial score (nSPS) is 29.7. The Hall–Kier alpha value is -0.790. The van der Waals surface area contributed by atoms with Crippen molar-refractivity contribution < 1.29 is 13.5 Å². The zero-order valence-electron chi connectivity index (χ0n) is 9.55. The maximum atomic E-state index is 10.5. The molecule has 94 valence electrons. The van der Waals surface area contributed by atoms with Crippen molar-refractivity contribution in [2.75, 3.05) is 6.61 Å². The number of nitrogens with two attached hydrogens (primary N) is 1. The van der Waals surface area contributed by atoms with E-state index in [-0.39, 0.29) is 11.6 Å². The first-order chi connectivity index (χ1) is 8.02. The van der Waals surface area contributed by atoms with Crippen LogP contribution in [0.15, 0.2) is 24.3 Å². The van der Waals surface area contributed by atoms with Gasteiger partial charge in [0.05, 0.1) is 12.0 Å². The first-order valence-electron chi connectivity index (χ1n) is 5.33. The van der Waals surface area contributed by atoms with Gasteiger partial charge >= 0.3 is 0 Å². The highest BCUT2D eigenvalue weighted by molar-refractivity contribution is 7.77. The van der Waals surface area contributed by atoms with Gasteiger partial charge in [-0.3, -0.25) is 4.55 Å². The van der Waals surface area contributed by atoms with Crippen molar-refractivity contribution in [1.82, 2.24) is 4.72 Å². The van der Waals surface area contributed by atoms with Crippen LogP contribution in [0.3, 0.4) is 0 Å². The maximum Gasteiger partial charge on any atom is 0.232 e. The molecule has 1 aromatic carbocycles. The standard InChI is InChI=1S/C11H16N2O3S/c1-11(7-16-10(11)12)9-4-2-3-8(5-9)6-13-17(14)15/h2-5,10,13H,6-7,12H2,1H3,(H,14,15). The molecule has 1 saturated heterocycles. The summed E-state index contributed by atoms with van der Waals surface area (Å²) in [5.41, 5.74) is 7.72. The molecular weight excluding hydrogens is 240 g/mol. The van der Waals surface area contributed by atoms with Crippen LogP contribution in [0.1, 0.15) is 18.1 Å². The Morgan fingerprint density at radius 3 is 3.00 bits per heavy atom. The smallest absolute Gasteiger partial charge is 0.232 e. The second-order valence-corrected chi connectivity index (χ2v) is 5.21. The van der Waals surface area contributed by atoms with Crippen molar-refractivity contribution in [3.63, 3.8) is 0 Å². The number of hydrogen-bond donors (Lipinski definition) is 3. The molecular formula is C11H16N2O3S. The summed E-state index contributed by atoms with van der Waals surface area (Å²) in [6.45, 7) is 3.01. The van der Waals surface area contributed by atoms with Gasteiger partial charge < -0.3 is 10.5 Å². The molecule has 4 N–H and O–H groups in total. The Morgan fingerprint density at radius 1 is 1.71 bits per heavy atom. The quantitative estimate of drug-likeness (QED) is 0.684. The SMILES string of the molecule is CC1(c2cccc(CNS(=O)O)c2)COC1N. The van der Waals surface area contributed by atoms with Crippen LogP contribution in [0.4, 0.5) is 0 Å². The van der Waals surface area contributed by atoms with E-state index >= 15 is 0 Å². The van der Waals surface area contributed by atoms with Crippen molar-refractivity contribution in [1.29, 1.82) is 0 Å². The average molecular weight is 256 g/mol. The number of hydrogen-bond acceptors (Lipinski definition) is 3. The zero-order chi connectivity index (χ0) is 12.5. The van der Waals surface area contributed by atoms with Crippen LogP contribution < -0.4 is 10.5 Å². The third-order valence-corrected chi connectivity index (χ3v) is 3.57. The Morgan fingerprint density at radius 2 is 2.47 bits per heavy atom. The summed E-state index contributed by atoms with van der Waals surface area (Å²) in [6.07, 6.45) is -0.280. The molecule has 0 aliphatic carbocycles. The van der Waals surface area contributed by atoms with Crippen molar-refractivity contribution in [3.05, 3.63) is 35.4 Å². The first-order valence-corrected chi connectivity index (χ1v) is 6.44. The number of ether oxygens (including phenoxy) is 1. The van der Waals surface area contributed by atoms with E-state index in [0.29, 0.717) is 13.2 Å². The molecule has 0 saturated carbocycles. The molecule has 1 fully saturated rings. The highest BCUT2D eigenvalue weighted by Crippen LogP contribution is 2.35. The summed E-state index contributed by atoms with van der Waals surface area (Å²) < 4.78 is 26.9. The van der Waals surface area contributed by atoms with Gasteiger partial charge in [0.2, 0.25) is 11.3 Å². The molecule has 1 aliphatic rings. The number of rotatable bonds is 4. The van der Waals surface area contributed by atoms with Crippen molar-refractivity contribution in [2.24, 2.45) is 5.73 Å². The van der Waals surface area contributed by atoms with Gasteiger partial charge in [-0.15, -0.1) is 0 Å². The zero-order valence-corrected chi connectivity index (χ0v) is 10.4. The van der Waals surface area contributed by atoms with E-state index in [0.717, 1.165) is 11.1 Å². The number of benzene rings is 1. The molecule has 0 bridgehead atoms. The molecule has 6 heteroatoms. The van der Waals surface area contributed by atoms with Gasteiger partial charge in [0.15, 0.2) is 0 Å². The summed E-state index contributed by atoms with van der Waals surface area (Å²) in [5, 5.41) is 0. The third kappa shape index (κ3) is 2.56. The lowest BCUT2D eigenvalue weighted by molar-refractivity contribution is -0.127. The van der Waals surface area contributed by atoms with E-state index in [1.165, 1.54) is 0 Å². The van der Waals surface area contributed by atoms with E-state index in [4.69, 9.17) is 15.0 Å². The summed E-state index contributed by atoms with van der Waals surface area (Å²) in [4.78, 5) is 0. The molecule has 3 unspecified atom stereocenters. The first kappa shape index (κ1) is 12.7. The van der Waals surface area contributed by atoms with Gasteiger partial charge in [-0.25, -0.2) is 8.93 Å². The Labute approximate surface area is 103 Å². The summed E-state index contributed by atoms with van der Waals surface area (Å²) >= 11 is -1.99.